The monoisotopic (exact) mass is 263 g/mol. The van der Waals surface area contributed by atoms with Gasteiger partial charge in [-0.05, 0) is 0 Å². The van der Waals surface area contributed by atoms with Crippen LogP contribution in [0.3, 0.4) is 0 Å². The number of nitrogens with one attached hydrogen (secondary N) is 1. The maximum Gasteiger partial charge on any atom is 0.258 e. The molecular formula is C9H13N9O. The third-order valence-corrected chi connectivity index (χ3v) is 2.66. The standard InChI is InChI=1S/C9H13N9O/c10-16-7-13-8(17-1-3-19-4-2-17)15-9(14-7)18-6-11-5-12-18/h5-6H,1-4,10H2,(H,13,14,15,16). The Morgan fingerprint density at radius 3 is 2.63 bits per heavy atom. The number of hydrazine groups is 1. The zero-order valence-electron chi connectivity index (χ0n) is 10.1. The van der Waals surface area contributed by atoms with Crippen LogP contribution in [0, 0.1) is 0 Å². The van der Waals surface area contributed by atoms with E-state index in [0.29, 0.717) is 25.1 Å². The van der Waals surface area contributed by atoms with Gasteiger partial charge in [0.15, 0.2) is 0 Å². The minimum absolute atomic E-state index is 0.280. The number of hydrogen-bond donors (Lipinski definition) is 2. The van der Waals surface area contributed by atoms with Gasteiger partial charge in [0.25, 0.3) is 5.95 Å². The molecule has 19 heavy (non-hydrogen) atoms. The minimum Gasteiger partial charge on any atom is -0.378 e. The number of hydrogen-bond acceptors (Lipinski definition) is 9. The Bertz CT molecular complexity index is 537. The summed E-state index contributed by atoms with van der Waals surface area (Å²) in [6, 6.07) is 0. The van der Waals surface area contributed by atoms with Crippen molar-refractivity contribution in [3.63, 3.8) is 0 Å². The topological polar surface area (TPSA) is 120 Å². The molecule has 1 saturated heterocycles. The summed E-state index contributed by atoms with van der Waals surface area (Å²) >= 11 is 0. The van der Waals surface area contributed by atoms with Crippen LogP contribution in [0.5, 0.6) is 0 Å². The van der Waals surface area contributed by atoms with E-state index in [-0.39, 0.29) is 5.95 Å². The first kappa shape index (κ1) is 11.7. The summed E-state index contributed by atoms with van der Waals surface area (Å²) in [7, 11) is 0. The highest BCUT2D eigenvalue weighted by molar-refractivity contribution is 5.39. The quantitative estimate of drug-likeness (QED) is 0.507. The van der Waals surface area contributed by atoms with Gasteiger partial charge in [0.2, 0.25) is 11.9 Å². The first-order valence-electron chi connectivity index (χ1n) is 5.77. The van der Waals surface area contributed by atoms with Crippen molar-refractivity contribution in [3.8, 4) is 5.95 Å². The van der Waals surface area contributed by atoms with Gasteiger partial charge in [0.1, 0.15) is 12.7 Å². The van der Waals surface area contributed by atoms with Crippen molar-refractivity contribution in [2.75, 3.05) is 36.6 Å². The van der Waals surface area contributed by atoms with E-state index < -0.39 is 0 Å². The molecule has 100 valence electrons. The van der Waals surface area contributed by atoms with Gasteiger partial charge < -0.3 is 9.64 Å². The summed E-state index contributed by atoms with van der Waals surface area (Å²) in [5, 5.41) is 3.99. The first-order chi connectivity index (χ1) is 9.36. The van der Waals surface area contributed by atoms with Gasteiger partial charge in [0.05, 0.1) is 13.2 Å². The summed E-state index contributed by atoms with van der Waals surface area (Å²) in [6.45, 7) is 2.75. The van der Waals surface area contributed by atoms with Crippen LogP contribution in [0.25, 0.3) is 5.95 Å². The molecule has 0 bridgehead atoms. The average molecular weight is 263 g/mol. The molecule has 3 N–H and O–H groups in total. The van der Waals surface area contributed by atoms with Crippen molar-refractivity contribution >= 4 is 11.9 Å². The number of morpholine rings is 1. The lowest BCUT2D eigenvalue weighted by Crippen LogP contribution is -2.37. The van der Waals surface area contributed by atoms with Crippen molar-refractivity contribution in [3.05, 3.63) is 12.7 Å². The van der Waals surface area contributed by atoms with Crippen molar-refractivity contribution in [2.24, 2.45) is 5.84 Å². The average Bonchev–Trinajstić information content (AvgIpc) is 3.02. The van der Waals surface area contributed by atoms with Gasteiger partial charge in [-0.1, -0.05) is 0 Å². The second-order valence-corrected chi connectivity index (χ2v) is 3.84. The maximum atomic E-state index is 5.38. The van der Waals surface area contributed by atoms with Crippen LogP contribution in [0.1, 0.15) is 0 Å². The largest absolute Gasteiger partial charge is 0.378 e. The van der Waals surface area contributed by atoms with Crippen molar-refractivity contribution < 1.29 is 4.74 Å². The van der Waals surface area contributed by atoms with Gasteiger partial charge in [-0.2, -0.15) is 24.7 Å². The van der Waals surface area contributed by atoms with E-state index in [1.165, 1.54) is 17.3 Å². The molecule has 0 atom stereocenters. The molecule has 0 aliphatic carbocycles. The Balaban J connectivity index is 1.97. The molecule has 2 aromatic rings. The van der Waals surface area contributed by atoms with Crippen molar-refractivity contribution in [1.82, 2.24) is 29.7 Å². The fraction of sp³-hybridized carbons (Fsp3) is 0.444. The van der Waals surface area contributed by atoms with E-state index in [1.807, 2.05) is 4.90 Å². The molecular weight excluding hydrogens is 250 g/mol. The molecule has 3 heterocycles. The smallest absolute Gasteiger partial charge is 0.258 e. The van der Waals surface area contributed by atoms with E-state index in [9.17, 15) is 0 Å². The molecule has 0 amide bonds. The van der Waals surface area contributed by atoms with Gasteiger partial charge in [-0.3, -0.25) is 5.43 Å². The molecule has 0 radical (unpaired) electrons. The van der Waals surface area contributed by atoms with Crippen LogP contribution in [0.2, 0.25) is 0 Å². The minimum atomic E-state index is 0.280. The lowest BCUT2D eigenvalue weighted by atomic mass is 10.4. The fourth-order valence-corrected chi connectivity index (χ4v) is 1.74. The first-order valence-corrected chi connectivity index (χ1v) is 5.77. The third-order valence-electron chi connectivity index (χ3n) is 2.66. The van der Waals surface area contributed by atoms with E-state index in [2.05, 4.69) is 30.5 Å². The summed E-state index contributed by atoms with van der Waals surface area (Å²) in [5.41, 5.74) is 2.43. The number of ether oxygens (including phenoxy) is 1. The number of nitrogens with zero attached hydrogens (tertiary/aromatic N) is 7. The Morgan fingerprint density at radius 1 is 1.16 bits per heavy atom. The van der Waals surface area contributed by atoms with Crippen molar-refractivity contribution in [1.29, 1.82) is 0 Å². The van der Waals surface area contributed by atoms with Gasteiger partial charge in [0, 0.05) is 13.1 Å². The Hall–Kier alpha value is -2.33. The van der Waals surface area contributed by atoms with Crippen LogP contribution in [-0.2, 0) is 4.74 Å². The summed E-state index contributed by atoms with van der Waals surface area (Å²) in [6.07, 6.45) is 2.92. The number of nitrogen functional groups attached to an aromatic ring is 1. The van der Waals surface area contributed by atoms with E-state index >= 15 is 0 Å². The van der Waals surface area contributed by atoms with Gasteiger partial charge >= 0.3 is 0 Å². The second-order valence-electron chi connectivity index (χ2n) is 3.84. The van der Waals surface area contributed by atoms with Crippen LogP contribution in [-0.4, -0.2) is 56.0 Å². The molecule has 1 fully saturated rings. The highest BCUT2D eigenvalue weighted by Crippen LogP contribution is 2.13. The maximum absolute atomic E-state index is 5.38. The number of aromatic nitrogens is 6. The number of rotatable bonds is 3. The summed E-state index contributed by atoms with van der Waals surface area (Å²) in [4.78, 5) is 18.6. The normalized spacial score (nSPS) is 15.5. The third kappa shape index (κ3) is 2.44. The Morgan fingerprint density at radius 2 is 1.95 bits per heavy atom. The molecule has 2 aromatic heterocycles. The van der Waals surface area contributed by atoms with E-state index in [0.717, 1.165) is 13.1 Å². The van der Waals surface area contributed by atoms with E-state index in [4.69, 9.17) is 10.6 Å². The highest BCUT2D eigenvalue weighted by Gasteiger charge is 2.17. The van der Waals surface area contributed by atoms with Crippen LogP contribution < -0.4 is 16.2 Å². The fourth-order valence-electron chi connectivity index (χ4n) is 1.74. The molecule has 3 rings (SSSR count). The van der Waals surface area contributed by atoms with Crippen LogP contribution in [0.15, 0.2) is 12.7 Å². The van der Waals surface area contributed by atoms with Gasteiger partial charge in [-0.25, -0.2) is 10.8 Å². The molecule has 0 unspecified atom stereocenters. The number of anilines is 2. The molecule has 10 heteroatoms. The van der Waals surface area contributed by atoms with Crippen molar-refractivity contribution in [2.45, 2.75) is 0 Å². The molecule has 1 aliphatic heterocycles. The lowest BCUT2D eigenvalue weighted by molar-refractivity contribution is 0.122. The zero-order valence-corrected chi connectivity index (χ0v) is 10.1. The molecule has 0 saturated carbocycles. The Kier molecular flexibility index (Phi) is 3.16. The SMILES string of the molecule is NNc1nc(N2CCOCC2)nc(-n2cncn2)n1. The Labute approximate surface area is 108 Å². The molecule has 1 aliphatic rings. The van der Waals surface area contributed by atoms with Crippen LogP contribution in [0.4, 0.5) is 11.9 Å². The molecule has 0 spiro atoms. The number of nitrogens with two attached hydrogens (primary N) is 1. The van der Waals surface area contributed by atoms with Crippen LogP contribution >= 0.6 is 0 Å². The summed E-state index contributed by atoms with van der Waals surface area (Å²) in [5.74, 6) is 6.56. The second kappa shape index (κ2) is 5.12. The zero-order chi connectivity index (χ0) is 13.1. The van der Waals surface area contributed by atoms with E-state index in [1.54, 1.807) is 0 Å². The summed E-state index contributed by atoms with van der Waals surface area (Å²) < 4.78 is 6.75. The lowest BCUT2D eigenvalue weighted by Gasteiger charge is -2.26. The predicted molar refractivity (Wildman–Crippen MR) is 65.6 cm³/mol. The van der Waals surface area contributed by atoms with Gasteiger partial charge in [-0.15, -0.1) is 0 Å². The molecule has 0 aromatic carbocycles. The highest BCUT2D eigenvalue weighted by atomic mass is 16.5. The molecule has 10 nitrogen and oxygen atoms in total. The predicted octanol–water partition coefficient (Wildman–Crippen LogP) is -1.43.